The Morgan fingerprint density at radius 3 is 0.985 bits per heavy atom. The molecular formula is C53H103O13P. The Balaban J connectivity index is 2.33. The molecule has 6 unspecified atom stereocenters. The average molecular weight is 979 g/mol. The van der Waals surface area contributed by atoms with E-state index in [0.717, 1.165) is 38.5 Å². The quantitative estimate of drug-likeness (QED) is 0.0191. The summed E-state index contributed by atoms with van der Waals surface area (Å²) in [5, 5.41) is 50.3. The van der Waals surface area contributed by atoms with E-state index in [1.807, 2.05) is 0 Å². The van der Waals surface area contributed by atoms with Crippen molar-refractivity contribution < 1.29 is 63.1 Å². The van der Waals surface area contributed by atoms with Gasteiger partial charge in [-0.1, -0.05) is 245 Å². The fourth-order valence-corrected chi connectivity index (χ4v) is 9.97. The highest BCUT2D eigenvalue weighted by molar-refractivity contribution is 7.47. The molecule has 0 bridgehead atoms. The van der Waals surface area contributed by atoms with Crippen molar-refractivity contribution in [3.63, 3.8) is 0 Å². The third-order valence-electron chi connectivity index (χ3n) is 13.4. The number of hydrogen-bond acceptors (Lipinski definition) is 12. The monoisotopic (exact) mass is 979 g/mol. The van der Waals surface area contributed by atoms with Gasteiger partial charge in [0, 0.05) is 12.8 Å². The Morgan fingerprint density at radius 2 is 0.672 bits per heavy atom. The molecule has 1 rings (SSSR count). The Kier molecular flexibility index (Phi) is 41.6. The largest absolute Gasteiger partial charge is 0.472 e. The highest BCUT2D eigenvalue weighted by Crippen LogP contribution is 2.47. The summed E-state index contributed by atoms with van der Waals surface area (Å²) in [6, 6.07) is 0. The highest BCUT2D eigenvalue weighted by Gasteiger charge is 2.51. The van der Waals surface area contributed by atoms with E-state index >= 15 is 0 Å². The van der Waals surface area contributed by atoms with Crippen LogP contribution in [0.15, 0.2) is 0 Å². The number of carbonyl (C=O) groups is 2. The standard InChI is InChI=1S/C53H103O13P/c1-3-5-7-9-11-13-15-17-19-21-22-23-24-25-26-28-30-32-34-36-38-40-42-47(55)65-45(44-64-67(61,62)66-53-51(59)49(57)48(56)50(58)52(53)60)43-63-46(54)41-39-37-35-33-31-29-27-20-18-16-14-12-10-8-6-4-2/h45,48-53,56-60H,3-44H2,1-2H3,(H,61,62). The molecule has 0 aromatic carbocycles. The molecule has 1 saturated carbocycles. The molecule has 6 N–H and O–H groups in total. The maximum Gasteiger partial charge on any atom is 0.472 e. The summed E-state index contributed by atoms with van der Waals surface area (Å²) in [5.41, 5.74) is 0. The number of hydrogen-bond donors (Lipinski definition) is 6. The molecule has 398 valence electrons. The molecule has 0 aromatic heterocycles. The average Bonchev–Trinajstić information content (AvgIpc) is 3.31. The minimum atomic E-state index is -5.12. The van der Waals surface area contributed by atoms with Crippen molar-refractivity contribution in [3.05, 3.63) is 0 Å². The first kappa shape index (κ1) is 63.9. The van der Waals surface area contributed by atoms with E-state index in [9.17, 15) is 44.6 Å². The molecule has 1 aliphatic carbocycles. The number of aliphatic hydroxyl groups excluding tert-OH is 5. The molecule has 1 aliphatic rings. The lowest BCUT2D eigenvalue weighted by atomic mass is 9.85. The Hall–Kier alpha value is -1.15. The van der Waals surface area contributed by atoms with Gasteiger partial charge in [0.05, 0.1) is 6.61 Å². The number of ether oxygens (including phenoxy) is 2. The zero-order chi connectivity index (χ0) is 49.2. The van der Waals surface area contributed by atoms with Gasteiger partial charge in [-0.05, 0) is 12.8 Å². The first-order chi connectivity index (χ1) is 32.4. The fourth-order valence-electron chi connectivity index (χ4n) is 9.00. The SMILES string of the molecule is CCCCCCCCCCCCCCCCCCCCCCCCC(=O)OC(COC(=O)CCCCCCCCCCCCCCCCCC)COP(=O)(O)OC1C(O)C(O)C(O)C(O)C1O. The van der Waals surface area contributed by atoms with Gasteiger partial charge in [-0.25, -0.2) is 4.57 Å². The summed E-state index contributed by atoms with van der Waals surface area (Å²) in [6.07, 6.45) is 34.4. The van der Waals surface area contributed by atoms with Gasteiger partial charge in [0.25, 0.3) is 0 Å². The summed E-state index contributed by atoms with van der Waals surface area (Å²) in [4.78, 5) is 35.9. The van der Waals surface area contributed by atoms with Crippen molar-refractivity contribution in [3.8, 4) is 0 Å². The van der Waals surface area contributed by atoms with Crippen LogP contribution in [0.4, 0.5) is 0 Å². The van der Waals surface area contributed by atoms with E-state index < -0.39 is 75.7 Å². The Labute approximate surface area is 408 Å². The predicted molar refractivity (Wildman–Crippen MR) is 268 cm³/mol. The number of phosphoric acid groups is 1. The second-order valence-corrected chi connectivity index (χ2v) is 21.2. The summed E-state index contributed by atoms with van der Waals surface area (Å²) in [7, 11) is -5.12. The Bertz CT molecular complexity index is 1180. The van der Waals surface area contributed by atoms with Crippen LogP contribution in [0.25, 0.3) is 0 Å². The molecule has 0 saturated heterocycles. The minimum Gasteiger partial charge on any atom is -0.462 e. The van der Waals surface area contributed by atoms with Gasteiger partial charge in [-0.2, -0.15) is 0 Å². The van der Waals surface area contributed by atoms with Gasteiger partial charge in [-0.15, -0.1) is 0 Å². The molecule has 0 heterocycles. The molecule has 0 amide bonds. The summed E-state index contributed by atoms with van der Waals surface area (Å²) < 4.78 is 33.7. The van der Waals surface area contributed by atoms with E-state index in [1.54, 1.807) is 0 Å². The number of unbranched alkanes of at least 4 members (excludes halogenated alkanes) is 36. The highest BCUT2D eigenvalue weighted by atomic mass is 31.2. The van der Waals surface area contributed by atoms with E-state index in [1.165, 1.54) is 193 Å². The first-order valence-corrected chi connectivity index (χ1v) is 29.3. The number of rotatable bonds is 48. The molecular weight excluding hydrogens is 876 g/mol. The smallest absolute Gasteiger partial charge is 0.462 e. The van der Waals surface area contributed by atoms with Gasteiger partial charge in [0.15, 0.2) is 6.10 Å². The van der Waals surface area contributed by atoms with Crippen molar-refractivity contribution in [1.29, 1.82) is 0 Å². The van der Waals surface area contributed by atoms with Gasteiger partial charge in [0.1, 0.15) is 43.2 Å². The van der Waals surface area contributed by atoms with Crippen LogP contribution in [0.5, 0.6) is 0 Å². The third-order valence-corrected chi connectivity index (χ3v) is 14.4. The van der Waals surface area contributed by atoms with Gasteiger partial charge in [0.2, 0.25) is 0 Å². The molecule has 1 fully saturated rings. The van der Waals surface area contributed by atoms with Crippen LogP contribution in [0.1, 0.15) is 271 Å². The van der Waals surface area contributed by atoms with Crippen molar-refractivity contribution in [2.45, 2.75) is 313 Å². The maximum atomic E-state index is 12.9. The van der Waals surface area contributed by atoms with E-state index in [4.69, 9.17) is 18.5 Å². The van der Waals surface area contributed by atoms with Gasteiger partial charge >= 0.3 is 19.8 Å². The molecule has 14 heteroatoms. The lowest BCUT2D eigenvalue weighted by Crippen LogP contribution is -2.64. The topological polar surface area (TPSA) is 210 Å². The molecule has 0 aromatic rings. The number of esters is 2. The summed E-state index contributed by atoms with van der Waals surface area (Å²) in [6.45, 7) is 3.37. The number of aliphatic hydroxyl groups is 5. The number of carbonyl (C=O) groups excluding carboxylic acids is 2. The van der Waals surface area contributed by atoms with E-state index in [0.29, 0.717) is 12.8 Å². The van der Waals surface area contributed by atoms with Crippen LogP contribution >= 0.6 is 7.82 Å². The van der Waals surface area contributed by atoms with Crippen molar-refractivity contribution in [1.82, 2.24) is 0 Å². The fraction of sp³-hybridized carbons (Fsp3) is 0.962. The molecule has 6 atom stereocenters. The van der Waals surface area contributed by atoms with Crippen molar-refractivity contribution in [2.75, 3.05) is 13.2 Å². The van der Waals surface area contributed by atoms with Crippen molar-refractivity contribution >= 4 is 19.8 Å². The minimum absolute atomic E-state index is 0.106. The Morgan fingerprint density at radius 1 is 0.403 bits per heavy atom. The van der Waals surface area contributed by atoms with Crippen LogP contribution < -0.4 is 0 Å². The van der Waals surface area contributed by atoms with Crippen LogP contribution in [0.2, 0.25) is 0 Å². The summed E-state index contributed by atoms with van der Waals surface area (Å²) >= 11 is 0. The van der Waals surface area contributed by atoms with Crippen molar-refractivity contribution in [2.24, 2.45) is 0 Å². The van der Waals surface area contributed by atoms with Crippen LogP contribution in [-0.2, 0) is 32.7 Å². The summed E-state index contributed by atoms with van der Waals surface area (Å²) in [5.74, 6) is -1.08. The van der Waals surface area contributed by atoms with E-state index in [2.05, 4.69) is 13.8 Å². The molecule has 0 spiro atoms. The van der Waals surface area contributed by atoms with Gasteiger partial charge < -0.3 is 39.9 Å². The number of phosphoric ester groups is 1. The molecule has 13 nitrogen and oxygen atoms in total. The first-order valence-electron chi connectivity index (χ1n) is 27.8. The molecule has 0 aliphatic heterocycles. The second kappa shape index (κ2) is 43.6. The zero-order valence-electron chi connectivity index (χ0n) is 42.7. The lowest BCUT2D eigenvalue weighted by Gasteiger charge is -2.41. The molecule has 67 heavy (non-hydrogen) atoms. The van der Waals surface area contributed by atoms with Crippen LogP contribution in [-0.4, -0.2) is 98.3 Å². The molecule has 0 radical (unpaired) electrons. The predicted octanol–water partition coefficient (Wildman–Crippen LogP) is 12.4. The zero-order valence-corrected chi connectivity index (χ0v) is 43.6. The van der Waals surface area contributed by atoms with Crippen LogP contribution in [0.3, 0.4) is 0 Å². The van der Waals surface area contributed by atoms with E-state index in [-0.39, 0.29) is 12.8 Å². The normalized spacial score (nSPS) is 21.0. The second-order valence-electron chi connectivity index (χ2n) is 19.8. The third kappa shape index (κ3) is 35.6. The van der Waals surface area contributed by atoms with Crippen LogP contribution in [0, 0.1) is 0 Å². The van der Waals surface area contributed by atoms with Gasteiger partial charge in [-0.3, -0.25) is 18.6 Å². The maximum absolute atomic E-state index is 12.9. The lowest BCUT2D eigenvalue weighted by molar-refractivity contribution is -0.220.